The Labute approximate surface area is 90.7 Å². The molecule has 82 valence electrons. The number of rotatable bonds is 0. The molecule has 0 aromatic carbocycles. The quantitative estimate of drug-likeness (QED) is 0.610. The zero-order valence-electron chi connectivity index (χ0n) is 9.67. The van der Waals surface area contributed by atoms with Gasteiger partial charge >= 0.3 is 0 Å². The lowest BCUT2D eigenvalue weighted by atomic mass is 9.57. The summed E-state index contributed by atoms with van der Waals surface area (Å²) in [5, 5.41) is 0. The number of Topliss-reactive ketones (excluding diaryl/α,β-unsaturated/α-hetero) is 1. The number of hydrogen-bond donors (Lipinski definition) is 0. The summed E-state index contributed by atoms with van der Waals surface area (Å²) in [4.78, 5) is 23.3. The van der Waals surface area contributed by atoms with Crippen molar-refractivity contribution in [3.05, 3.63) is 11.6 Å². The third-order valence-corrected chi connectivity index (χ3v) is 4.48. The van der Waals surface area contributed by atoms with E-state index in [0.29, 0.717) is 24.7 Å². The van der Waals surface area contributed by atoms with Crippen LogP contribution < -0.4 is 0 Å². The highest BCUT2D eigenvalue weighted by Gasteiger charge is 2.46. The summed E-state index contributed by atoms with van der Waals surface area (Å²) < 4.78 is 0. The molecule has 2 rings (SSSR count). The average molecular weight is 206 g/mol. The normalized spacial score (nSPS) is 41.1. The van der Waals surface area contributed by atoms with Crippen LogP contribution in [0.2, 0.25) is 0 Å². The van der Waals surface area contributed by atoms with Crippen LogP contribution in [0.25, 0.3) is 0 Å². The first kappa shape index (κ1) is 10.6. The molecular formula is C13H18O2. The molecular weight excluding hydrogens is 188 g/mol. The third kappa shape index (κ3) is 1.47. The minimum atomic E-state index is -0.0529. The lowest BCUT2D eigenvalue weighted by Crippen LogP contribution is -2.43. The minimum absolute atomic E-state index is 0.0529. The van der Waals surface area contributed by atoms with Gasteiger partial charge in [-0.15, -0.1) is 0 Å². The third-order valence-electron chi connectivity index (χ3n) is 4.48. The Bertz CT molecular complexity index is 354. The van der Waals surface area contributed by atoms with E-state index in [2.05, 4.69) is 20.8 Å². The molecule has 2 aliphatic rings. The monoisotopic (exact) mass is 206 g/mol. The molecule has 2 nitrogen and oxygen atoms in total. The molecule has 0 amide bonds. The summed E-state index contributed by atoms with van der Waals surface area (Å²) in [5.74, 6) is 1.25. The summed E-state index contributed by atoms with van der Waals surface area (Å²) in [6.07, 6.45) is 3.66. The fourth-order valence-corrected chi connectivity index (χ4v) is 2.99. The molecule has 0 bridgehead atoms. The second kappa shape index (κ2) is 3.29. The fraction of sp³-hybridized carbons (Fsp3) is 0.692. The fourth-order valence-electron chi connectivity index (χ4n) is 2.99. The van der Waals surface area contributed by atoms with Gasteiger partial charge in [0.05, 0.1) is 0 Å². The number of ketones is 2. The van der Waals surface area contributed by atoms with Crippen molar-refractivity contribution in [1.29, 1.82) is 0 Å². The molecule has 0 aromatic rings. The maximum atomic E-state index is 11.9. The van der Waals surface area contributed by atoms with Crippen LogP contribution in [-0.4, -0.2) is 11.6 Å². The lowest BCUT2D eigenvalue weighted by Gasteiger charge is -2.46. The maximum absolute atomic E-state index is 11.9. The van der Waals surface area contributed by atoms with Gasteiger partial charge in [-0.2, -0.15) is 0 Å². The van der Waals surface area contributed by atoms with Crippen molar-refractivity contribution in [3.8, 4) is 0 Å². The molecule has 1 fully saturated rings. The Hall–Kier alpha value is -0.920. The number of carbonyl (C=O) groups is 2. The highest BCUT2D eigenvalue weighted by atomic mass is 16.1. The topological polar surface area (TPSA) is 34.1 Å². The average Bonchev–Trinajstić information content (AvgIpc) is 2.18. The van der Waals surface area contributed by atoms with Crippen LogP contribution in [0.3, 0.4) is 0 Å². The van der Waals surface area contributed by atoms with Crippen molar-refractivity contribution < 1.29 is 9.59 Å². The Morgan fingerprint density at radius 3 is 2.67 bits per heavy atom. The maximum Gasteiger partial charge on any atom is 0.159 e. The smallest absolute Gasteiger partial charge is 0.159 e. The van der Waals surface area contributed by atoms with Crippen molar-refractivity contribution in [2.75, 3.05) is 0 Å². The summed E-state index contributed by atoms with van der Waals surface area (Å²) in [6.45, 7) is 6.49. The lowest BCUT2D eigenvalue weighted by molar-refractivity contribution is -0.124. The van der Waals surface area contributed by atoms with E-state index in [4.69, 9.17) is 0 Å². The van der Waals surface area contributed by atoms with Crippen LogP contribution in [0.4, 0.5) is 0 Å². The minimum Gasteiger partial charge on any atom is -0.295 e. The predicted octanol–water partition coefficient (Wildman–Crippen LogP) is 2.53. The Morgan fingerprint density at radius 2 is 2.00 bits per heavy atom. The summed E-state index contributed by atoms with van der Waals surface area (Å²) in [5.41, 5.74) is 0.743. The SMILES string of the molecule is CC1CC(=O)C2=CC(=O)CCC2(C)C1C. The molecule has 1 saturated carbocycles. The Kier molecular flexibility index (Phi) is 2.32. The van der Waals surface area contributed by atoms with Gasteiger partial charge in [0.2, 0.25) is 0 Å². The van der Waals surface area contributed by atoms with Gasteiger partial charge in [-0.05, 0) is 29.7 Å². The molecule has 0 aromatic heterocycles. The molecule has 0 spiro atoms. The second-order valence-electron chi connectivity index (χ2n) is 5.34. The van der Waals surface area contributed by atoms with Gasteiger partial charge in [-0.25, -0.2) is 0 Å². The molecule has 0 N–H and O–H groups in total. The van der Waals surface area contributed by atoms with Gasteiger partial charge in [0.25, 0.3) is 0 Å². The van der Waals surface area contributed by atoms with Crippen molar-refractivity contribution in [1.82, 2.24) is 0 Å². The zero-order valence-corrected chi connectivity index (χ0v) is 9.67. The van der Waals surface area contributed by atoms with Crippen LogP contribution in [-0.2, 0) is 9.59 Å². The summed E-state index contributed by atoms with van der Waals surface area (Å²) in [7, 11) is 0. The molecule has 3 unspecified atom stereocenters. The first-order valence-electron chi connectivity index (χ1n) is 5.73. The molecule has 0 saturated heterocycles. The van der Waals surface area contributed by atoms with E-state index in [1.165, 1.54) is 0 Å². The number of carbonyl (C=O) groups excluding carboxylic acids is 2. The number of allylic oxidation sites excluding steroid dienone is 2. The van der Waals surface area contributed by atoms with Gasteiger partial charge in [-0.3, -0.25) is 9.59 Å². The summed E-state index contributed by atoms with van der Waals surface area (Å²) >= 11 is 0. The van der Waals surface area contributed by atoms with Gasteiger partial charge in [0.15, 0.2) is 11.6 Å². The van der Waals surface area contributed by atoms with Crippen LogP contribution >= 0.6 is 0 Å². The molecule has 15 heavy (non-hydrogen) atoms. The van der Waals surface area contributed by atoms with E-state index < -0.39 is 0 Å². The molecule has 3 atom stereocenters. The first-order chi connectivity index (χ1) is 6.95. The van der Waals surface area contributed by atoms with Crippen LogP contribution in [0.5, 0.6) is 0 Å². The molecule has 0 aliphatic heterocycles. The van der Waals surface area contributed by atoms with E-state index in [9.17, 15) is 9.59 Å². The van der Waals surface area contributed by atoms with Crippen molar-refractivity contribution in [2.24, 2.45) is 17.3 Å². The van der Waals surface area contributed by atoms with Crippen molar-refractivity contribution >= 4 is 11.6 Å². The second-order valence-corrected chi connectivity index (χ2v) is 5.34. The highest BCUT2D eigenvalue weighted by molar-refractivity contribution is 6.05. The van der Waals surface area contributed by atoms with Crippen LogP contribution in [0, 0.1) is 17.3 Å². The van der Waals surface area contributed by atoms with Crippen molar-refractivity contribution in [2.45, 2.75) is 40.0 Å². The largest absolute Gasteiger partial charge is 0.295 e. The van der Waals surface area contributed by atoms with Gasteiger partial charge in [-0.1, -0.05) is 20.8 Å². The summed E-state index contributed by atoms with van der Waals surface area (Å²) in [6, 6.07) is 0. The molecule has 0 radical (unpaired) electrons. The van der Waals surface area contributed by atoms with Crippen LogP contribution in [0.15, 0.2) is 11.6 Å². The van der Waals surface area contributed by atoms with E-state index in [0.717, 1.165) is 12.0 Å². The molecule has 0 heterocycles. The first-order valence-corrected chi connectivity index (χ1v) is 5.73. The van der Waals surface area contributed by atoms with E-state index in [-0.39, 0.29) is 17.0 Å². The van der Waals surface area contributed by atoms with Crippen LogP contribution in [0.1, 0.15) is 40.0 Å². The number of fused-ring (bicyclic) bond motifs is 1. The molecule has 2 heteroatoms. The number of hydrogen-bond acceptors (Lipinski definition) is 2. The van der Waals surface area contributed by atoms with E-state index >= 15 is 0 Å². The zero-order chi connectivity index (χ0) is 11.2. The Balaban J connectivity index is 2.46. The highest BCUT2D eigenvalue weighted by Crippen LogP contribution is 2.50. The van der Waals surface area contributed by atoms with E-state index in [1.807, 2.05) is 0 Å². The van der Waals surface area contributed by atoms with Gasteiger partial charge in [0.1, 0.15) is 0 Å². The molecule has 2 aliphatic carbocycles. The van der Waals surface area contributed by atoms with Gasteiger partial charge < -0.3 is 0 Å². The standard InChI is InChI=1S/C13H18O2/c1-8-6-12(15)11-7-10(14)4-5-13(11,3)9(8)2/h7-9H,4-6H2,1-3H3. The Morgan fingerprint density at radius 1 is 1.33 bits per heavy atom. The van der Waals surface area contributed by atoms with Gasteiger partial charge in [0, 0.05) is 18.4 Å². The van der Waals surface area contributed by atoms with Crippen molar-refractivity contribution in [3.63, 3.8) is 0 Å². The predicted molar refractivity (Wildman–Crippen MR) is 58.4 cm³/mol. The van der Waals surface area contributed by atoms with E-state index in [1.54, 1.807) is 6.08 Å².